The summed E-state index contributed by atoms with van der Waals surface area (Å²) in [5.74, 6) is 0. The number of nitrogens with zero attached hydrogens (tertiary/aromatic N) is 2. The molecule has 5 nitrogen and oxygen atoms in total. The first-order valence-corrected chi connectivity index (χ1v) is 3.62. The van der Waals surface area contributed by atoms with E-state index in [4.69, 9.17) is 0 Å². The summed E-state index contributed by atoms with van der Waals surface area (Å²) in [6.45, 7) is 5.07. The van der Waals surface area contributed by atoms with Gasteiger partial charge in [0, 0.05) is 18.9 Å². The lowest BCUT2D eigenvalue weighted by Gasteiger charge is -2.02. The van der Waals surface area contributed by atoms with Gasteiger partial charge in [0.25, 0.3) is 5.69 Å². The van der Waals surface area contributed by atoms with Gasteiger partial charge in [-0.3, -0.25) is 15.5 Å². The standard InChI is InChI=1S/C8H9N3O2/c1-6-3-4-7(11(12)13)5-8(6)10-9-2/h3-5,10H,2H2,1H3. The minimum absolute atomic E-state index is 0.0387. The van der Waals surface area contributed by atoms with Crippen molar-refractivity contribution in [2.75, 3.05) is 5.43 Å². The van der Waals surface area contributed by atoms with E-state index in [9.17, 15) is 10.1 Å². The van der Waals surface area contributed by atoms with Crippen molar-refractivity contribution in [3.05, 3.63) is 33.9 Å². The van der Waals surface area contributed by atoms with Crippen LogP contribution in [0.5, 0.6) is 0 Å². The summed E-state index contributed by atoms with van der Waals surface area (Å²) in [4.78, 5) is 9.95. The van der Waals surface area contributed by atoms with Crippen molar-refractivity contribution >= 4 is 18.1 Å². The third kappa shape index (κ3) is 2.02. The van der Waals surface area contributed by atoms with Gasteiger partial charge < -0.3 is 0 Å². The number of benzene rings is 1. The first-order valence-electron chi connectivity index (χ1n) is 3.62. The van der Waals surface area contributed by atoms with E-state index in [0.29, 0.717) is 5.69 Å². The number of nitro benzene ring substituents is 1. The van der Waals surface area contributed by atoms with Crippen LogP contribution in [0.1, 0.15) is 5.56 Å². The van der Waals surface area contributed by atoms with E-state index in [1.165, 1.54) is 12.1 Å². The molecule has 1 N–H and O–H groups in total. The van der Waals surface area contributed by atoms with Crippen molar-refractivity contribution in [3.8, 4) is 0 Å². The first kappa shape index (κ1) is 9.18. The van der Waals surface area contributed by atoms with E-state index in [-0.39, 0.29) is 5.69 Å². The molecular weight excluding hydrogens is 170 g/mol. The summed E-state index contributed by atoms with van der Waals surface area (Å²) < 4.78 is 0. The average Bonchev–Trinajstić information content (AvgIpc) is 2.08. The predicted octanol–water partition coefficient (Wildman–Crippen LogP) is 1.93. The Balaban J connectivity index is 3.10. The third-order valence-electron chi connectivity index (χ3n) is 1.63. The van der Waals surface area contributed by atoms with Gasteiger partial charge in [0.15, 0.2) is 0 Å². The van der Waals surface area contributed by atoms with Crippen LogP contribution in [0.25, 0.3) is 0 Å². The topological polar surface area (TPSA) is 67.5 Å². The maximum absolute atomic E-state index is 10.4. The molecule has 0 amide bonds. The predicted molar refractivity (Wildman–Crippen MR) is 51.0 cm³/mol. The van der Waals surface area contributed by atoms with E-state index < -0.39 is 4.92 Å². The van der Waals surface area contributed by atoms with Gasteiger partial charge in [-0.05, 0) is 12.5 Å². The van der Waals surface area contributed by atoms with Gasteiger partial charge >= 0.3 is 0 Å². The summed E-state index contributed by atoms with van der Waals surface area (Å²) >= 11 is 0. The number of non-ortho nitro benzene ring substituents is 1. The minimum atomic E-state index is -0.451. The Morgan fingerprint density at radius 2 is 2.31 bits per heavy atom. The molecular formula is C8H9N3O2. The van der Waals surface area contributed by atoms with Gasteiger partial charge in [-0.1, -0.05) is 6.07 Å². The van der Waals surface area contributed by atoms with Crippen LogP contribution in [-0.4, -0.2) is 11.6 Å². The second kappa shape index (κ2) is 3.66. The highest BCUT2D eigenvalue weighted by Crippen LogP contribution is 2.21. The molecule has 5 heteroatoms. The van der Waals surface area contributed by atoms with E-state index in [1.54, 1.807) is 6.07 Å². The number of hydrogen-bond acceptors (Lipinski definition) is 4. The Morgan fingerprint density at radius 3 is 2.85 bits per heavy atom. The van der Waals surface area contributed by atoms with Gasteiger partial charge in [-0.2, -0.15) is 5.10 Å². The van der Waals surface area contributed by atoms with Crippen molar-refractivity contribution in [3.63, 3.8) is 0 Å². The van der Waals surface area contributed by atoms with Gasteiger partial charge in [0.05, 0.1) is 10.6 Å². The second-order valence-electron chi connectivity index (χ2n) is 2.53. The number of aryl methyl sites for hydroxylation is 1. The van der Waals surface area contributed by atoms with Crippen molar-refractivity contribution in [2.24, 2.45) is 5.10 Å². The zero-order chi connectivity index (χ0) is 9.84. The van der Waals surface area contributed by atoms with Crippen LogP contribution in [0.4, 0.5) is 11.4 Å². The van der Waals surface area contributed by atoms with Crippen LogP contribution in [0.2, 0.25) is 0 Å². The minimum Gasteiger partial charge on any atom is -0.279 e. The third-order valence-corrected chi connectivity index (χ3v) is 1.63. The molecule has 0 aromatic heterocycles. The number of hydrazone groups is 1. The van der Waals surface area contributed by atoms with Gasteiger partial charge in [-0.15, -0.1) is 0 Å². The Morgan fingerprint density at radius 1 is 1.62 bits per heavy atom. The van der Waals surface area contributed by atoms with Crippen LogP contribution in [0, 0.1) is 17.0 Å². The fourth-order valence-electron chi connectivity index (χ4n) is 0.929. The normalized spacial score (nSPS) is 9.31. The van der Waals surface area contributed by atoms with Crippen LogP contribution in [-0.2, 0) is 0 Å². The summed E-state index contributed by atoms with van der Waals surface area (Å²) in [6.07, 6.45) is 0. The first-order chi connectivity index (χ1) is 6.15. The molecule has 0 unspecified atom stereocenters. The van der Waals surface area contributed by atoms with Gasteiger partial charge in [0.1, 0.15) is 0 Å². The fourth-order valence-corrected chi connectivity index (χ4v) is 0.929. The molecule has 0 aliphatic carbocycles. The van der Waals surface area contributed by atoms with E-state index in [2.05, 4.69) is 17.2 Å². The van der Waals surface area contributed by atoms with E-state index in [1.807, 2.05) is 6.92 Å². The quantitative estimate of drug-likeness (QED) is 0.438. The Kier molecular flexibility index (Phi) is 2.59. The smallest absolute Gasteiger partial charge is 0.271 e. The van der Waals surface area contributed by atoms with Crippen molar-refractivity contribution in [2.45, 2.75) is 6.92 Å². The molecule has 1 aromatic rings. The molecule has 0 saturated heterocycles. The molecule has 0 spiro atoms. The zero-order valence-electron chi connectivity index (χ0n) is 7.15. The lowest BCUT2D eigenvalue weighted by atomic mass is 10.2. The molecule has 0 radical (unpaired) electrons. The van der Waals surface area contributed by atoms with Crippen LogP contribution in [0.15, 0.2) is 23.3 Å². The summed E-state index contributed by atoms with van der Waals surface area (Å²) in [7, 11) is 0. The average molecular weight is 179 g/mol. The fraction of sp³-hybridized carbons (Fsp3) is 0.125. The Labute approximate surface area is 75.2 Å². The van der Waals surface area contributed by atoms with Crippen molar-refractivity contribution in [1.29, 1.82) is 0 Å². The zero-order valence-corrected chi connectivity index (χ0v) is 7.15. The second-order valence-corrected chi connectivity index (χ2v) is 2.53. The summed E-state index contributed by atoms with van der Waals surface area (Å²) in [5.41, 5.74) is 4.11. The lowest BCUT2D eigenvalue weighted by molar-refractivity contribution is -0.384. The number of nitrogens with one attached hydrogen (secondary N) is 1. The molecule has 0 fully saturated rings. The number of rotatable bonds is 3. The molecule has 68 valence electrons. The van der Waals surface area contributed by atoms with E-state index in [0.717, 1.165) is 5.56 Å². The molecule has 0 atom stereocenters. The summed E-state index contributed by atoms with van der Waals surface area (Å²) in [5, 5.41) is 13.8. The molecule has 13 heavy (non-hydrogen) atoms. The van der Waals surface area contributed by atoms with Gasteiger partial charge in [-0.25, -0.2) is 0 Å². The molecule has 0 heterocycles. The van der Waals surface area contributed by atoms with Crippen LogP contribution in [0.3, 0.4) is 0 Å². The molecule has 1 rings (SSSR count). The monoisotopic (exact) mass is 179 g/mol. The highest BCUT2D eigenvalue weighted by Gasteiger charge is 2.07. The summed E-state index contributed by atoms with van der Waals surface area (Å²) in [6, 6.07) is 4.53. The molecule has 0 aliphatic heterocycles. The van der Waals surface area contributed by atoms with E-state index >= 15 is 0 Å². The maximum Gasteiger partial charge on any atom is 0.271 e. The molecule has 1 aromatic carbocycles. The number of hydrogen-bond donors (Lipinski definition) is 1. The molecule has 0 saturated carbocycles. The van der Waals surface area contributed by atoms with Crippen molar-refractivity contribution in [1.82, 2.24) is 0 Å². The Bertz CT molecular complexity index is 349. The largest absolute Gasteiger partial charge is 0.279 e. The SMILES string of the molecule is C=NNc1cc([N+](=O)[O-])ccc1C. The highest BCUT2D eigenvalue weighted by atomic mass is 16.6. The number of nitro groups is 1. The molecule has 0 aliphatic rings. The van der Waals surface area contributed by atoms with Gasteiger partial charge in [0.2, 0.25) is 0 Å². The maximum atomic E-state index is 10.4. The highest BCUT2D eigenvalue weighted by molar-refractivity contribution is 5.57. The molecule has 0 bridgehead atoms. The Hall–Kier alpha value is -1.91. The number of anilines is 1. The van der Waals surface area contributed by atoms with Crippen LogP contribution >= 0.6 is 0 Å². The van der Waals surface area contributed by atoms with Crippen molar-refractivity contribution < 1.29 is 4.92 Å². The lowest BCUT2D eigenvalue weighted by Crippen LogP contribution is -1.93. The van der Waals surface area contributed by atoms with Crippen LogP contribution < -0.4 is 5.43 Å².